The molecule has 0 spiro atoms. The van der Waals surface area contributed by atoms with E-state index in [1.54, 1.807) is 0 Å². The fourth-order valence-electron chi connectivity index (χ4n) is 1.14. The lowest BCUT2D eigenvalue weighted by atomic mass is 9.99. The van der Waals surface area contributed by atoms with E-state index in [1.165, 1.54) is 5.57 Å². The summed E-state index contributed by atoms with van der Waals surface area (Å²) in [6.07, 6.45) is 9.32. The van der Waals surface area contributed by atoms with Crippen LogP contribution in [-0.2, 0) is 0 Å². The predicted molar refractivity (Wildman–Crippen MR) is 44.9 cm³/mol. The van der Waals surface area contributed by atoms with Crippen LogP contribution in [0, 0.1) is 0 Å². The smallest absolute Gasteiger partial charge is 0.0352 e. The van der Waals surface area contributed by atoms with Gasteiger partial charge in [-0.05, 0) is 19.0 Å². The van der Waals surface area contributed by atoms with Crippen LogP contribution < -0.4 is 5.32 Å². The Morgan fingerprint density at radius 3 is 3.10 bits per heavy atom. The van der Waals surface area contributed by atoms with Gasteiger partial charge in [-0.3, -0.25) is 0 Å². The van der Waals surface area contributed by atoms with Crippen LogP contribution in [0.1, 0.15) is 6.42 Å². The summed E-state index contributed by atoms with van der Waals surface area (Å²) in [7, 11) is 1.97. The van der Waals surface area contributed by atoms with Crippen molar-refractivity contribution in [2.45, 2.75) is 12.5 Å². The Hall–Kier alpha value is -0.820. The predicted octanol–water partition coefficient (Wildman–Crippen LogP) is 1.65. The van der Waals surface area contributed by atoms with E-state index in [0.717, 1.165) is 6.42 Å². The van der Waals surface area contributed by atoms with Crippen molar-refractivity contribution < 1.29 is 0 Å². The van der Waals surface area contributed by atoms with Crippen molar-refractivity contribution in [3.63, 3.8) is 0 Å². The molecule has 1 N–H and O–H groups in total. The van der Waals surface area contributed by atoms with Crippen LogP contribution >= 0.6 is 0 Å². The van der Waals surface area contributed by atoms with E-state index in [-0.39, 0.29) is 0 Å². The zero-order valence-electron chi connectivity index (χ0n) is 6.30. The summed E-state index contributed by atoms with van der Waals surface area (Å²) >= 11 is 0. The first-order chi connectivity index (χ1) is 4.88. The van der Waals surface area contributed by atoms with Gasteiger partial charge in [-0.2, -0.15) is 0 Å². The largest absolute Gasteiger partial charge is 0.313 e. The van der Waals surface area contributed by atoms with Gasteiger partial charge in [0.1, 0.15) is 0 Å². The first-order valence-electron chi connectivity index (χ1n) is 3.55. The van der Waals surface area contributed by atoms with E-state index in [9.17, 15) is 0 Å². The second kappa shape index (κ2) is 3.37. The Labute approximate surface area is 62.1 Å². The monoisotopic (exact) mass is 135 g/mol. The van der Waals surface area contributed by atoms with E-state index in [1.807, 2.05) is 13.1 Å². The molecule has 0 aromatic carbocycles. The van der Waals surface area contributed by atoms with Crippen LogP contribution in [-0.4, -0.2) is 13.1 Å². The molecule has 1 heteroatoms. The molecule has 1 aliphatic rings. The topological polar surface area (TPSA) is 12.0 Å². The molecule has 54 valence electrons. The SMILES string of the molecule is C=CC1=CC=CCC1NC. The second-order valence-electron chi connectivity index (χ2n) is 2.38. The minimum atomic E-state index is 0.475. The normalized spacial score (nSPS) is 24.1. The Kier molecular flexibility index (Phi) is 2.46. The minimum absolute atomic E-state index is 0.475. The highest BCUT2D eigenvalue weighted by atomic mass is 14.9. The third kappa shape index (κ3) is 1.36. The van der Waals surface area contributed by atoms with Crippen LogP contribution in [0.3, 0.4) is 0 Å². The van der Waals surface area contributed by atoms with Crippen LogP contribution in [0.5, 0.6) is 0 Å². The molecule has 0 aliphatic heterocycles. The van der Waals surface area contributed by atoms with Crippen LogP contribution in [0.15, 0.2) is 36.5 Å². The van der Waals surface area contributed by atoms with Crippen LogP contribution in [0.4, 0.5) is 0 Å². The van der Waals surface area contributed by atoms with Gasteiger partial charge in [0, 0.05) is 6.04 Å². The standard InChI is InChI=1S/C9H13N/c1-3-8-6-4-5-7-9(8)10-2/h3-6,9-10H,1,7H2,2H3. The van der Waals surface area contributed by atoms with E-state index in [4.69, 9.17) is 0 Å². The number of likely N-dealkylation sites (N-methyl/N-ethyl adjacent to an activating group) is 1. The fraction of sp³-hybridized carbons (Fsp3) is 0.333. The summed E-state index contributed by atoms with van der Waals surface area (Å²) in [5, 5.41) is 3.21. The van der Waals surface area contributed by atoms with Crippen molar-refractivity contribution in [1.82, 2.24) is 5.32 Å². The van der Waals surface area contributed by atoms with Gasteiger partial charge in [-0.25, -0.2) is 0 Å². The highest BCUT2D eigenvalue weighted by Gasteiger charge is 2.08. The first-order valence-corrected chi connectivity index (χ1v) is 3.55. The molecule has 0 saturated heterocycles. The average molecular weight is 135 g/mol. The Bertz CT molecular complexity index is 177. The summed E-state index contributed by atoms with van der Waals surface area (Å²) in [6, 6.07) is 0.475. The highest BCUT2D eigenvalue weighted by Crippen LogP contribution is 2.12. The third-order valence-electron chi connectivity index (χ3n) is 1.78. The molecule has 10 heavy (non-hydrogen) atoms. The van der Waals surface area contributed by atoms with Gasteiger partial charge in [0.05, 0.1) is 0 Å². The summed E-state index contributed by atoms with van der Waals surface area (Å²) < 4.78 is 0. The maximum Gasteiger partial charge on any atom is 0.0352 e. The van der Waals surface area contributed by atoms with E-state index in [0.29, 0.717) is 6.04 Å². The Balaban J connectivity index is 2.70. The van der Waals surface area contributed by atoms with Crippen molar-refractivity contribution in [3.05, 3.63) is 36.5 Å². The third-order valence-corrected chi connectivity index (χ3v) is 1.78. The lowest BCUT2D eigenvalue weighted by Gasteiger charge is -2.17. The van der Waals surface area contributed by atoms with Gasteiger partial charge in [-0.15, -0.1) is 0 Å². The fourth-order valence-corrected chi connectivity index (χ4v) is 1.14. The number of hydrogen-bond acceptors (Lipinski definition) is 1. The van der Waals surface area contributed by atoms with Gasteiger partial charge >= 0.3 is 0 Å². The minimum Gasteiger partial charge on any atom is -0.313 e. The van der Waals surface area contributed by atoms with Gasteiger partial charge in [0.2, 0.25) is 0 Å². The molecule has 0 aromatic rings. The molecule has 0 fully saturated rings. The molecule has 1 unspecified atom stereocenters. The van der Waals surface area contributed by atoms with E-state index >= 15 is 0 Å². The zero-order valence-corrected chi connectivity index (χ0v) is 6.30. The van der Waals surface area contributed by atoms with Gasteiger partial charge in [-0.1, -0.05) is 30.9 Å². The number of nitrogens with one attached hydrogen (secondary N) is 1. The molecule has 0 aromatic heterocycles. The molecular weight excluding hydrogens is 122 g/mol. The summed E-state index contributed by atoms with van der Waals surface area (Å²) in [4.78, 5) is 0. The summed E-state index contributed by atoms with van der Waals surface area (Å²) in [6.45, 7) is 3.74. The zero-order chi connectivity index (χ0) is 7.40. The Morgan fingerprint density at radius 1 is 1.80 bits per heavy atom. The lowest BCUT2D eigenvalue weighted by molar-refractivity contribution is 0.650. The Morgan fingerprint density at radius 2 is 2.60 bits per heavy atom. The number of rotatable bonds is 2. The van der Waals surface area contributed by atoms with Crippen LogP contribution in [0.25, 0.3) is 0 Å². The molecule has 1 aliphatic carbocycles. The molecular formula is C9H13N. The molecule has 0 amide bonds. The van der Waals surface area contributed by atoms with E-state index in [2.05, 4.69) is 30.1 Å². The van der Waals surface area contributed by atoms with Gasteiger partial charge in [0.25, 0.3) is 0 Å². The first kappa shape index (κ1) is 7.29. The molecule has 1 rings (SSSR count). The maximum absolute atomic E-state index is 3.74. The van der Waals surface area contributed by atoms with Crippen molar-refractivity contribution in [2.75, 3.05) is 7.05 Å². The van der Waals surface area contributed by atoms with Crippen molar-refractivity contribution in [3.8, 4) is 0 Å². The number of hydrogen-bond donors (Lipinski definition) is 1. The number of allylic oxidation sites excluding steroid dienone is 2. The van der Waals surface area contributed by atoms with Gasteiger partial charge in [0.15, 0.2) is 0 Å². The lowest BCUT2D eigenvalue weighted by Crippen LogP contribution is -2.26. The second-order valence-corrected chi connectivity index (χ2v) is 2.38. The molecule has 0 bridgehead atoms. The molecule has 1 nitrogen and oxygen atoms in total. The van der Waals surface area contributed by atoms with Gasteiger partial charge < -0.3 is 5.32 Å². The van der Waals surface area contributed by atoms with Crippen molar-refractivity contribution >= 4 is 0 Å². The van der Waals surface area contributed by atoms with Crippen LogP contribution in [0.2, 0.25) is 0 Å². The average Bonchev–Trinajstić information content (AvgIpc) is 2.04. The van der Waals surface area contributed by atoms with Crippen molar-refractivity contribution in [1.29, 1.82) is 0 Å². The quantitative estimate of drug-likeness (QED) is 0.607. The summed E-state index contributed by atoms with van der Waals surface area (Å²) in [5.41, 5.74) is 1.28. The molecule has 1 atom stereocenters. The molecule has 0 radical (unpaired) electrons. The van der Waals surface area contributed by atoms with Crippen molar-refractivity contribution in [2.24, 2.45) is 0 Å². The summed E-state index contributed by atoms with van der Waals surface area (Å²) in [5.74, 6) is 0. The molecule has 0 saturated carbocycles. The molecule has 0 heterocycles. The van der Waals surface area contributed by atoms with E-state index < -0.39 is 0 Å². The maximum atomic E-state index is 3.74. The highest BCUT2D eigenvalue weighted by molar-refractivity contribution is 5.31.